The standard InChI is InChI=1S/C27H32F3N3O4/c1-2-37-24(34)15-23(19-12-20(28)14-21(29)13-19)32-16-27(30,17-32)10-4-3-7-22-9-8-18-6-5-11-33(26(35)36)25(18)31-22/h8-9,12-14,23H,2-7,10-11,15-17H2,1H3,(H,35,36). The Morgan fingerprint density at radius 1 is 1.16 bits per heavy atom. The Morgan fingerprint density at radius 2 is 1.89 bits per heavy atom. The van der Waals surface area contributed by atoms with Gasteiger partial charge < -0.3 is 9.84 Å². The molecule has 3 heterocycles. The molecule has 1 amide bonds. The largest absolute Gasteiger partial charge is 0.466 e. The third-order valence-corrected chi connectivity index (χ3v) is 6.98. The lowest BCUT2D eigenvalue weighted by molar-refractivity contribution is -0.147. The molecule has 2 aliphatic rings. The zero-order chi connectivity index (χ0) is 26.6. The maximum Gasteiger partial charge on any atom is 0.413 e. The molecule has 37 heavy (non-hydrogen) atoms. The van der Waals surface area contributed by atoms with Gasteiger partial charge >= 0.3 is 12.1 Å². The van der Waals surface area contributed by atoms with Crippen LogP contribution in [0.1, 0.15) is 61.9 Å². The van der Waals surface area contributed by atoms with Crippen molar-refractivity contribution in [3.05, 3.63) is 58.8 Å². The lowest BCUT2D eigenvalue weighted by Gasteiger charge is -2.48. The number of benzene rings is 1. The number of aromatic nitrogens is 1. The molecule has 1 aromatic heterocycles. The number of amides is 1. The highest BCUT2D eigenvalue weighted by Gasteiger charge is 2.46. The second-order valence-corrected chi connectivity index (χ2v) is 9.81. The van der Waals surface area contributed by atoms with Gasteiger partial charge in [-0.3, -0.25) is 14.6 Å². The Balaban J connectivity index is 1.31. The number of anilines is 1. The predicted molar refractivity (Wildman–Crippen MR) is 131 cm³/mol. The van der Waals surface area contributed by atoms with Crippen LogP contribution < -0.4 is 4.90 Å². The first-order valence-electron chi connectivity index (χ1n) is 12.7. The highest BCUT2D eigenvalue weighted by Crippen LogP contribution is 2.39. The first-order valence-corrected chi connectivity index (χ1v) is 12.7. The van der Waals surface area contributed by atoms with E-state index in [1.165, 1.54) is 17.0 Å². The summed E-state index contributed by atoms with van der Waals surface area (Å²) < 4.78 is 48.0. The quantitative estimate of drug-likeness (QED) is 0.342. The second kappa shape index (κ2) is 11.5. The predicted octanol–water partition coefficient (Wildman–Crippen LogP) is 5.22. The molecule has 0 spiro atoms. The van der Waals surface area contributed by atoms with Crippen LogP contribution in [0.5, 0.6) is 0 Å². The molecule has 0 saturated carbocycles. The fourth-order valence-electron chi connectivity index (χ4n) is 5.22. The molecule has 1 unspecified atom stereocenters. The lowest BCUT2D eigenvalue weighted by Crippen LogP contribution is -2.60. The first-order chi connectivity index (χ1) is 17.7. The Hall–Kier alpha value is -3.14. The number of alkyl halides is 1. The number of carboxylic acid groups (broad SMARTS) is 1. The molecule has 7 nitrogen and oxygen atoms in total. The van der Waals surface area contributed by atoms with E-state index in [-0.39, 0.29) is 31.7 Å². The van der Waals surface area contributed by atoms with Crippen LogP contribution in [0.2, 0.25) is 0 Å². The van der Waals surface area contributed by atoms with E-state index in [1.54, 1.807) is 11.8 Å². The van der Waals surface area contributed by atoms with Crippen LogP contribution in [0.25, 0.3) is 0 Å². The van der Waals surface area contributed by atoms with Gasteiger partial charge in [0.2, 0.25) is 0 Å². The smallest absolute Gasteiger partial charge is 0.413 e. The molecule has 0 radical (unpaired) electrons. The van der Waals surface area contributed by atoms with Crippen molar-refractivity contribution in [1.82, 2.24) is 9.88 Å². The second-order valence-electron chi connectivity index (χ2n) is 9.81. The number of nitrogens with zero attached hydrogens (tertiary/aromatic N) is 3. The van der Waals surface area contributed by atoms with E-state index in [4.69, 9.17) is 4.74 Å². The van der Waals surface area contributed by atoms with E-state index in [9.17, 15) is 23.5 Å². The maximum atomic E-state index is 15.4. The van der Waals surface area contributed by atoms with Crippen LogP contribution >= 0.6 is 0 Å². The minimum atomic E-state index is -1.46. The van der Waals surface area contributed by atoms with Crippen molar-refractivity contribution in [1.29, 1.82) is 0 Å². The van der Waals surface area contributed by atoms with Gasteiger partial charge in [0.15, 0.2) is 0 Å². The lowest BCUT2D eigenvalue weighted by atomic mass is 9.86. The molecule has 1 N–H and O–H groups in total. The number of hydrogen-bond acceptors (Lipinski definition) is 5. The molecule has 2 aliphatic heterocycles. The van der Waals surface area contributed by atoms with E-state index in [0.717, 1.165) is 30.2 Å². The molecule has 1 aromatic carbocycles. The van der Waals surface area contributed by atoms with E-state index in [1.807, 2.05) is 12.1 Å². The van der Waals surface area contributed by atoms with E-state index < -0.39 is 35.4 Å². The number of esters is 1. The van der Waals surface area contributed by atoms with Gasteiger partial charge in [-0.25, -0.2) is 22.9 Å². The highest BCUT2D eigenvalue weighted by molar-refractivity contribution is 5.86. The van der Waals surface area contributed by atoms with Crippen LogP contribution in [-0.4, -0.2) is 59.0 Å². The molecule has 200 valence electrons. The maximum absolute atomic E-state index is 15.4. The molecule has 1 saturated heterocycles. The number of fused-ring (bicyclic) bond motifs is 1. The minimum Gasteiger partial charge on any atom is -0.466 e. The fraction of sp³-hybridized carbons (Fsp3) is 0.519. The summed E-state index contributed by atoms with van der Waals surface area (Å²) in [5.74, 6) is -1.52. The summed E-state index contributed by atoms with van der Waals surface area (Å²) in [6.07, 6.45) is 2.63. The van der Waals surface area contributed by atoms with Crippen molar-refractivity contribution in [3.8, 4) is 0 Å². The summed E-state index contributed by atoms with van der Waals surface area (Å²) in [5.41, 5.74) is 0.520. The highest BCUT2D eigenvalue weighted by atomic mass is 19.1. The van der Waals surface area contributed by atoms with Gasteiger partial charge in [-0.2, -0.15) is 0 Å². The average molecular weight is 520 g/mol. The topological polar surface area (TPSA) is 83.0 Å². The molecular weight excluding hydrogens is 487 g/mol. The van der Waals surface area contributed by atoms with Crippen molar-refractivity contribution < 1.29 is 32.6 Å². The van der Waals surface area contributed by atoms with Gasteiger partial charge in [-0.15, -0.1) is 0 Å². The first kappa shape index (κ1) is 26.9. The van der Waals surface area contributed by atoms with Crippen LogP contribution in [-0.2, 0) is 22.4 Å². The van der Waals surface area contributed by atoms with E-state index >= 15 is 4.39 Å². The number of likely N-dealkylation sites (tertiary alicyclic amines) is 1. The van der Waals surface area contributed by atoms with Crippen LogP contribution in [0, 0.1) is 11.6 Å². The molecule has 0 bridgehead atoms. The summed E-state index contributed by atoms with van der Waals surface area (Å²) in [4.78, 5) is 31.2. The van der Waals surface area contributed by atoms with Gasteiger partial charge in [0.1, 0.15) is 23.1 Å². The molecular formula is C27H32F3N3O4. The summed E-state index contributed by atoms with van der Waals surface area (Å²) in [5, 5.41) is 9.43. The third kappa shape index (κ3) is 6.60. The number of pyridine rings is 1. The molecule has 4 rings (SSSR count). The monoisotopic (exact) mass is 519 g/mol. The van der Waals surface area contributed by atoms with E-state index in [0.29, 0.717) is 38.0 Å². The molecule has 1 fully saturated rings. The van der Waals surface area contributed by atoms with Crippen molar-refractivity contribution in [3.63, 3.8) is 0 Å². The van der Waals surface area contributed by atoms with Gasteiger partial charge in [-0.1, -0.05) is 6.07 Å². The Kier molecular flexibility index (Phi) is 8.36. The molecule has 2 aromatic rings. The minimum absolute atomic E-state index is 0.0554. The summed E-state index contributed by atoms with van der Waals surface area (Å²) in [6, 6.07) is 6.25. The number of unbranched alkanes of at least 4 members (excludes halogenated alkanes) is 1. The molecule has 0 aliphatic carbocycles. The van der Waals surface area contributed by atoms with Gasteiger partial charge in [0.25, 0.3) is 0 Å². The number of carbonyl (C=O) groups excluding carboxylic acids is 1. The fourth-order valence-corrected chi connectivity index (χ4v) is 5.22. The van der Waals surface area contributed by atoms with Crippen molar-refractivity contribution in [2.24, 2.45) is 0 Å². The van der Waals surface area contributed by atoms with Gasteiger partial charge in [-0.05, 0) is 74.8 Å². The van der Waals surface area contributed by atoms with E-state index in [2.05, 4.69) is 4.98 Å². The summed E-state index contributed by atoms with van der Waals surface area (Å²) in [7, 11) is 0. The number of rotatable bonds is 10. The Morgan fingerprint density at radius 3 is 2.57 bits per heavy atom. The average Bonchev–Trinajstić information content (AvgIpc) is 2.82. The Bertz CT molecular complexity index is 1120. The number of halogens is 3. The Labute approximate surface area is 214 Å². The zero-order valence-corrected chi connectivity index (χ0v) is 20.9. The SMILES string of the molecule is CCOC(=O)CC(c1cc(F)cc(F)c1)N1CC(F)(CCCCc2ccc3c(n2)N(C(=O)O)CCC3)C1. The normalized spacial score (nSPS) is 17.6. The van der Waals surface area contributed by atoms with Crippen LogP contribution in [0.3, 0.4) is 0 Å². The van der Waals surface area contributed by atoms with Crippen LogP contribution in [0.15, 0.2) is 30.3 Å². The van der Waals surface area contributed by atoms with Crippen molar-refractivity contribution in [2.75, 3.05) is 31.1 Å². The van der Waals surface area contributed by atoms with Crippen molar-refractivity contribution in [2.45, 2.75) is 63.6 Å². The molecule has 10 heteroatoms. The molecule has 1 atom stereocenters. The summed E-state index contributed by atoms with van der Waals surface area (Å²) in [6.45, 7) is 2.40. The van der Waals surface area contributed by atoms with Crippen LogP contribution in [0.4, 0.5) is 23.8 Å². The van der Waals surface area contributed by atoms with Gasteiger partial charge in [0.05, 0.1) is 13.0 Å². The summed E-state index contributed by atoms with van der Waals surface area (Å²) >= 11 is 0. The van der Waals surface area contributed by atoms with Gasteiger partial charge in [0, 0.05) is 37.4 Å². The number of carbonyl (C=O) groups is 2. The number of aryl methyl sites for hydroxylation is 2. The van der Waals surface area contributed by atoms with Crippen molar-refractivity contribution >= 4 is 17.9 Å². The number of hydrogen-bond donors (Lipinski definition) is 1. The number of ether oxygens (including phenoxy) is 1. The zero-order valence-electron chi connectivity index (χ0n) is 20.9. The third-order valence-electron chi connectivity index (χ3n) is 6.98.